The minimum absolute atomic E-state index is 0.104. The fourth-order valence-corrected chi connectivity index (χ4v) is 2.18. The summed E-state index contributed by atoms with van der Waals surface area (Å²) in [5.41, 5.74) is 0.104. The third-order valence-corrected chi connectivity index (χ3v) is 3.06. The molecule has 8 heteroatoms. The van der Waals surface area contributed by atoms with Crippen molar-refractivity contribution >= 4 is 10.8 Å². The van der Waals surface area contributed by atoms with E-state index in [1.165, 1.54) is 0 Å². The monoisotopic (exact) mass is 320 g/mol. The van der Waals surface area contributed by atoms with Crippen LogP contribution in [-0.2, 0) is 0 Å². The highest BCUT2D eigenvalue weighted by Crippen LogP contribution is 2.41. The Balaban J connectivity index is 2.98. The van der Waals surface area contributed by atoms with Crippen LogP contribution < -0.4 is 4.74 Å². The molecule has 3 N–H and O–H groups in total. The first-order valence-corrected chi connectivity index (χ1v) is 6.18. The number of fused-ring (bicyclic) bond motifs is 1. The number of hydrogen-bond acceptors (Lipinski definition) is 4. The fraction of sp³-hybridized carbons (Fsp3) is 0.286. The van der Waals surface area contributed by atoms with Crippen molar-refractivity contribution in [3.63, 3.8) is 0 Å². The molecule has 0 aliphatic carbocycles. The van der Waals surface area contributed by atoms with Gasteiger partial charge in [-0.2, -0.15) is 4.39 Å². The number of phenols is 1. The van der Waals surface area contributed by atoms with Gasteiger partial charge in [-0.3, -0.25) is 0 Å². The molecule has 4 nitrogen and oxygen atoms in total. The molecular formula is C14H12F4O4. The smallest absolute Gasteiger partial charge is 0.492 e. The summed E-state index contributed by atoms with van der Waals surface area (Å²) in [5, 5.41) is 25.8. The first kappa shape index (κ1) is 16.3. The van der Waals surface area contributed by atoms with E-state index < -0.39 is 51.9 Å². The summed E-state index contributed by atoms with van der Waals surface area (Å²) in [5.74, 6) is -7.57. The van der Waals surface area contributed by atoms with Crippen molar-refractivity contribution in [2.45, 2.75) is 26.0 Å². The maximum Gasteiger partial charge on any atom is 0.492 e. The summed E-state index contributed by atoms with van der Waals surface area (Å²) in [6.07, 6.45) is -4.29. The summed E-state index contributed by atoms with van der Waals surface area (Å²) in [4.78, 5) is 0. The van der Waals surface area contributed by atoms with E-state index >= 15 is 0 Å². The molecule has 2 aromatic rings. The van der Waals surface area contributed by atoms with Crippen LogP contribution in [0.2, 0.25) is 0 Å². The van der Waals surface area contributed by atoms with Crippen LogP contribution >= 0.6 is 0 Å². The summed E-state index contributed by atoms with van der Waals surface area (Å²) in [6, 6.07) is 1.92. The molecular weight excluding hydrogens is 308 g/mol. The van der Waals surface area contributed by atoms with E-state index in [1.807, 2.05) is 0 Å². The Labute approximate surface area is 122 Å². The largest absolute Gasteiger partial charge is 0.508 e. The van der Waals surface area contributed by atoms with E-state index in [4.69, 9.17) is 10.2 Å². The molecule has 0 saturated carbocycles. The topological polar surface area (TPSA) is 69.9 Å². The number of alkyl halides is 1. The molecule has 2 rings (SSSR count). The molecule has 0 saturated heterocycles. The van der Waals surface area contributed by atoms with Gasteiger partial charge in [0.2, 0.25) is 5.82 Å². The second-order valence-electron chi connectivity index (χ2n) is 5.01. The highest BCUT2D eigenvalue weighted by molar-refractivity contribution is 5.93. The number of rotatable bonds is 3. The Morgan fingerprint density at radius 2 is 1.64 bits per heavy atom. The maximum atomic E-state index is 13.9. The van der Waals surface area contributed by atoms with Gasteiger partial charge < -0.3 is 20.1 Å². The molecule has 2 aromatic carbocycles. The second kappa shape index (κ2) is 5.29. The minimum Gasteiger partial charge on any atom is -0.508 e. The lowest BCUT2D eigenvalue weighted by Gasteiger charge is -2.19. The lowest BCUT2D eigenvalue weighted by atomic mass is 9.94. The second-order valence-corrected chi connectivity index (χ2v) is 5.01. The van der Waals surface area contributed by atoms with Crippen LogP contribution in [0.1, 0.15) is 25.3 Å². The van der Waals surface area contributed by atoms with E-state index in [0.717, 1.165) is 12.1 Å². The Bertz CT molecular complexity index is 738. The van der Waals surface area contributed by atoms with Gasteiger partial charge in [-0.25, -0.2) is 8.78 Å². The van der Waals surface area contributed by atoms with Gasteiger partial charge in [0, 0.05) is 10.8 Å². The zero-order valence-electron chi connectivity index (χ0n) is 11.5. The molecule has 0 heterocycles. The van der Waals surface area contributed by atoms with Crippen molar-refractivity contribution in [3.05, 3.63) is 35.1 Å². The van der Waals surface area contributed by atoms with Crippen LogP contribution in [0.4, 0.5) is 17.6 Å². The number of phenolic OH excluding ortho intramolecular Hbond substituents is 1. The Morgan fingerprint density at radius 3 is 2.14 bits per heavy atom. The molecule has 0 aromatic heterocycles. The molecule has 0 amide bonds. The zero-order chi connectivity index (χ0) is 16.8. The average Bonchev–Trinajstić information content (AvgIpc) is 2.39. The van der Waals surface area contributed by atoms with Gasteiger partial charge in [0.05, 0.1) is 0 Å². The third-order valence-electron chi connectivity index (χ3n) is 3.06. The molecule has 0 unspecified atom stereocenters. The third kappa shape index (κ3) is 2.79. The summed E-state index contributed by atoms with van der Waals surface area (Å²) >= 11 is 0. The normalized spacial score (nSPS) is 12.2. The minimum atomic E-state index is -4.29. The van der Waals surface area contributed by atoms with Crippen molar-refractivity contribution < 1.29 is 37.6 Å². The number of aromatic hydroxyl groups is 1. The quantitative estimate of drug-likeness (QED) is 0.462. The predicted octanol–water partition coefficient (Wildman–Crippen LogP) is 3.03. The van der Waals surface area contributed by atoms with Crippen LogP contribution in [0, 0.1) is 17.5 Å². The van der Waals surface area contributed by atoms with E-state index in [2.05, 4.69) is 4.74 Å². The van der Waals surface area contributed by atoms with Crippen LogP contribution in [0.25, 0.3) is 10.8 Å². The van der Waals surface area contributed by atoms with Gasteiger partial charge in [-0.15, -0.1) is 4.39 Å². The Kier molecular flexibility index (Phi) is 3.92. The number of ether oxygens (including phenoxy) is 1. The number of halogens is 4. The molecule has 0 aliphatic rings. The van der Waals surface area contributed by atoms with Crippen molar-refractivity contribution in [1.29, 1.82) is 0 Å². The fourth-order valence-electron chi connectivity index (χ4n) is 2.18. The van der Waals surface area contributed by atoms with E-state index in [1.54, 1.807) is 13.8 Å². The molecule has 0 fully saturated rings. The van der Waals surface area contributed by atoms with Crippen LogP contribution in [-0.4, -0.2) is 21.5 Å². The lowest BCUT2D eigenvalue weighted by Crippen LogP contribution is -2.30. The van der Waals surface area contributed by atoms with Crippen molar-refractivity contribution in [2.75, 3.05) is 0 Å². The van der Waals surface area contributed by atoms with E-state index in [0.29, 0.717) is 0 Å². The number of aliphatic hydroxyl groups is 2. The first-order chi connectivity index (χ1) is 10.0. The van der Waals surface area contributed by atoms with Crippen molar-refractivity contribution in [3.8, 4) is 11.5 Å². The zero-order valence-corrected chi connectivity index (χ0v) is 11.5. The van der Waals surface area contributed by atoms with Crippen LogP contribution in [0.5, 0.6) is 11.5 Å². The molecule has 0 radical (unpaired) electrons. The molecule has 22 heavy (non-hydrogen) atoms. The lowest BCUT2D eigenvalue weighted by molar-refractivity contribution is -0.375. The van der Waals surface area contributed by atoms with Gasteiger partial charge in [-0.05, 0) is 23.6 Å². The van der Waals surface area contributed by atoms with Crippen LogP contribution in [0.3, 0.4) is 0 Å². The Hall–Kier alpha value is -2.06. The highest BCUT2D eigenvalue weighted by Gasteiger charge is 2.32. The van der Waals surface area contributed by atoms with Gasteiger partial charge in [0.25, 0.3) is 0 Å². The predicted molar refractivity (Wildman–Crippen MR) is 68.5 cm³/mol. The average molecular weight is 320 g/mol. The molecule has 0 aliphatic heterocycles. The maximum absolute atomic E-state index is 13.9. The Morgan fingerprint density at radius 1 is 1.05 bits per heavy atom. The number of benzene rings is 2. The van der Waals surface area contributed by atoms with Gasteiger partial charge in [-0.1, -0.05) is 13.8 Å². The standard InChI is InChI=1S/C14H12F4O4/c1-5(2)7-3-6(19)4-8-9(7)13(22-14(18,20)21)12(17)11(16)10(8)15/h3-5,19-21H,1-2H3. The molecule has 0 spiro atoms. The summed E-state index contributed by atoms with van der Waals surface area (Å²) in [7, 11) is 0. The molecule has 0 bridgehead atoms. The van der Waals surface area contributed by atoms with Crippen molar-refractivity contribution in [2.24, 2.45) is 0 Å². The summed E-state index contributed by atoms with van der Waals surface area (Å²) in [6.45, 7) is 3.19. The van der Waals surface area contributed by atoms with Gasteiger partial charge >= 0.3 is 6.23 Å². The van der Waals surface area contributed by atoms with Gasteiger partial charge in [0.15, 0.2) is 17.4 Å². The first-order valence-electron chi connectivity index (χ1n) is 6.18. The van der Waals surface area contributed by atoms with Gasteiger partial charge in [0.1, 0.15) is 5.75 Å². The van der Waals surface area contributed by atoms with Crippen molar-refractivity contribution in [1.82, 2.24) is 0 Å². The van der Waals surface area contributed by atoms with Crippen LogP contribution in [0.15, 0.2) is 12.1 Å². The van der Waals surface area contributed by atoms with E-state index in [-0.39, 0.29) is 5.56 Å². The molecule has 0 atom stereocenters. The SMILES string of the molecule is CC(C)c1cc(O)cc2c(F)c(F)c(F)c(OC(O)(O)F)c12. The van der Waals surface area contributed by atoms with E-state index in [9.17, 15) is 22.7 Å². The number of hydrogen-bond donors (Lipinski definition) is 3. The highest BCUT2D eigenvalue weighted by atomic mass is 19.2. The molecule has 120 valence electrons. The summed E-state index contributed by atoms with van der Waals surface area (Å²) < 4.78 is 58.2.